The lowest BCUT2D eigenvalue weighted by Crippen LogP contribution is -2.38. The number of rotatable bonds is 6. The minimum atomic E-state index is -0.463. The topological polar surface area (TPSA) is 84.2 Å². The molecular weight excluding hydrogens is 394 g/mol. The number of hydrogen-bond acceptors (Lipinski definition) is 5. The fourth-order valence-corrected chi connectivity index (χ4v) is 3.30. The summed E-state index contributed by atoms with van der Waals surface area (Å²) in [7, 11) is 0. The van der Waals surface area contributed by atoms with Gasteiger partial charge in [-0.2, -0.15) is 4.99 Å². The Morgan fingerprint density at radius 1 is 1.06 bits per heavy atom. The van der Waals surface area contributed by atoms with Crippen molar-refractivity contribution in [3.8, 4) is 11.5 Å². The molecular formula is C24H23N3O4. The smallest absolute Gasteiger partial charge is 0.282 e. The maximum absolute atomic E-state index is 12.3. The predicted molar refractivity (Wildman–Crippen MR) is 118 cm³/mol. The zero-order chi connectivity index (χ0) is 22.0. The van der Waals surface area contributed by atoms with Crippen LogP contribution >= 0.6 is 0 Å². The molecule has 0 fully saturated rings. The number of nitrogens with zero attached hydrogens (tertiary/aromatic N) is 2. The van der Waals surface area contributed by atoms with Crippen molar-refractivity contribution in [1.29, 1.82) is 5.41 Å². The fourth-order valence-electron chi connectivity index (χ4n) is 3.30. The van der Waals surface area contributed by atoms with Crippen LogP contribution in [0.1, 0.15) is 23.6 Å². The lowest BCUT2D eigenvalue weighted by molar-refractivity contribution is -0.114. The molecule has 2 aromatic rings. The molecule has 0 radical (unpaired) electrons. The average Bonchev–Trinajstić information content (AvgIpc) is 3.11. The number of hydrogen-bond donors (Lipinski definition) is 1. The first-order chi connectivity index (χ1) is 14.9. The number of allylic oxidation sites excluding steroid dienone is 1. The molecule has 0 saturated heterocycles. The first-order valence-electron chi connectivity index (χ1n) is 9.93. The van der Waals surface area contributed by atoms with Crippen molar-refractivity contribution in [2.24, 2.45) is 4.99 Å². The minimum absolute atomic E-state index is 0.0352. The van der Waals surface area contributed by atoms with Crippen LogP contribution in [0.5, 0.6) is 11.5 Å². The molecule has 7 nitrogen and oxygen atoms in total. The van der Waals surface area contributed by atoms with Crippen LogP contribution < -0.4 is 9.47 Å². The summed E-state index contributed by atoms with van der Waals surface area (Å²) in [5, 5.41) is 9.50. The number of fused-ring (bicyclic) bond motifs is 1. The van der Waals surface area contributed by atoms with Gasteiger partial charge in [-0.05, 0) is 56.2 Å². The molecule has 0 bridgehead atoms. The molecule has 31 heavy (non-hydrogen) atoms. The Bertz CT molecular complexity index is 1130. The van der Waals surface area contributed by atoms with Gasteiger partial charge in [0, 0.05) is 6.08 Å². The van der Waals surface area contributed by atoms with Gasteiger partial charge in [-0.3, -0.25) is 10.2 Å². The first kappa shape index (κ1) is 20.4. The highest BCUT2D eigenvalue weighted by molar-refractivity contribution is 6.32. The van der Waals surface area contributed by atoms with Crippen LogP contribution in [0.25, 0.3) is 6.08 Å². The lowest BCUT2D eigenvalue weighted by Gasteiger charge is -2.22. The maximum atomic E-state index is 12.3. The Balaban J connectivity index is 1.34. The molecule has 0 saturated carbocycles. The van der Waals surface area contributed by atoms with Crippen molar-refractivity contribution in [2.75, 3.05) is 13.2 Å². The summed E-state index contributed by atoms with van der Waals surface area (Å²) in [6, 6.07) is 13.3. The number of amides is 1. The van der Waals surface area contributed by atoms with E-state index < -0.39 is 5.91 Å². The van der Waals surface area contributed by atoms with Crippen LogP contribution in [-0.2, 0) is 9.63 Å². The van der Waals surface area contributed by atoms with Crippen molar-refractivity contribution in [3.63, 3.8) is 0 Å². The van der Waals surface area contributed by atoms with Crippen molar-refractivity contribution >= 4 is 23.7 Å². The van der Waals surface area contributed by atoms with Crippen LogP contribution in [0.3, 0.4) is 0 Å². The monoisotopic (exact) mass is 417 g/mol. The number of nitrogens with one attached hydrogen (secondary N) is 1. The second-order valence-electron chi connectivity index (χ2n) is 7.36. The van der Waals surface area contributed by atoms with E-state index in [1.165, 1.54) is 10.6 Å². The summed E-state index contributed by atoms with van der Waals surface area (Å²) in [5.41, 5.74) is 3.23. The highest BCUT2D eigenvalue weighted by atomic mass is 16.7. The Morgan fingerprint density at radius 2 is 1.81 bits per heavy atom. The van der Waals surface area contributed by atoms with Crippen molar-refractivity contribution in [3.05, 3.63) is 76.6 Å². The molecule has 2 heterocycles. The zero-order valence-electron chi connectivity index (χ0n) is 17.6. The highest BCUT2D eigenvalue weighted by Gasteiger charge is 2.34. The summed E-state index contributed by atoms with van der Waals surface area (Å²) in [5.74, 6) is 1.96. The summed E-state index contributed by atoms with van der Waals surface area (Å²) in [4.78, 5) is 21.7. The van der Waals surface area contributed by atoms with Crippen molar-refractivity contribution in [2.45, 2.75) is 20.8 Å². The van der Waals surface area contributed by atoms with E-state index in [-0.39, 0.29) is 11.4 Å². The third-order valence-electron chi connectivity index (χ3n) is 4.81. The first-order valence-corrected chi connectivity index (χ1v) is 9.93. The number of benzene rings is 2. The second kappa shape index (κ2) is 8.47. The summed E-state index contributed by atoms with van der Waals surface area (Å²) >= 11 is 0. The maximum Gasteiger partial charge on any atom is 0.282 e. The Kier molecular flexibility index (Phi) is 5.58. The van der Waals surface area contributed by atoms with E-state index >= 15 is 0 Å². The van der Waals surface area contributed by atoms with Gasteiger partial charge in [-0.15, -0.1) is 5.06 Å². The number of ether oxygens (including phenoxy) is 2. The summed E-state index contributed by atoms with van der Waals surface area (Å²) < 4.78 is 11.5. The van der Waals surface area contributed by atoms with Crippen LogP contribution in [0.2, 0.25) is 0 Å². The van der Waals surface area contributed by atoms with Gasteiger partial charge < -0.3 is 14.3 Å². The summed E-state index contributed by atoms with van der Waals surface area (Å²) in [6.07, 6.45) is 3.24. The van der Waals surface area contributed by atoms with Crippen LogP contribution in [-0.4, -0.2) is 35.9 Å². The molecule has 2 aromatic carbocycles. The van der Waals surface area contributed by atoms with Gasteiger partial charge in [0.05, 0.1) is 5.57 Å². The molecule has 1 N–H and O–H groups in total. The number of hydroxylamine groups is 2. The zero-order valence-corrected chi connectivity index (χ0v) is 17.6. The number of amidine groups is 2. The van der Waals surface area contributed by atoms with Gasteiger partial charge in [-0.1, -0.05) is 29.8 Å². The largest absolute Gasteiger partial charge is 0.490 e. The van der Waals surface area contributed by atoms with Gasteiger partial charge in [0.2, 0.25) is 0 Å². The molecule has 7 heteroatoms. The van der Waals surface area contributed by atoms with Gasteiger partial charge in [0.15, 0.2) is 11.7 Å². The quantitative estimate of drug-likeness (QED) is 0.562. The Hall–Kier alpha value is -3.87. The van der Waals surface area contributed by atoms with Crippen molar-refractivity contribution < 1.29 is 19.1 Å². The van der Waals surface area contributed by atoms with Crippen molar-refractivity contribution in [1.82, 2.24) is 5.06 Å². The van der Waals surface area contributed by atoms with E-state index in [1.54, 1.807) is 19.1 Å². The molecule has 0 aliphatic carbocycles. The van der Waals surface area contributed by atoms with Gasteiger partial charge in [0.1, 0.15) is 30.5 Å². The molecule has 4 rings (SSSR count). The van der Waals surface area contributed by atoms with E-state index in [1.807, 2.05) is 43.3 Å². The Labute approximate surface area is 180 Å². The average molecular weight is 417 g/mol. The molecule has 2 aliphatic heterocycles. The van der Waals surface area contributed by atoms with E-state index in [2.05, 4.69) is 18.0 Å². The van der Waals surface area contributed by atoms with Crippen LogP contribution in [0.4, 0.5) is 0 Å². The van der Waals surface area contributed by atoms with E-state index in [0.29, 0.717) is 30.6 Å². The molecule has 0 aromatic heterocycles. The van der Waals surface area contributed by atoms with Gasteiger partial charge in [0.25, 0.3) is 5.91 Å². The molecule has 0 spiro atoms. The van der Waals surface area contributed by atoms with Gasteiger partial charge in [-0.25, -0.2) is 0 Å². The molecule has 2 aliphatic rings. The number of carbonyl (C=O) groups excluding carboxylic acids is 1. The van der Waals surface area contributed by atoms with E-state index in [0.717, 1.165) is 16.9 Å². The van der Waals surface area contributed by atoms with Crippen LogP contribution in [0, 0.1) is 19.3 Å². The number of aliphatic imine (C=N–C) groups is 1. The number of carbonyl (C=O) groups is 1. The third kappa shape index (κ3) is 4.50. The number of aryl methyl sites for hydroxylation is 2. The minimum Gasteiger partial charge on any atom is -0.490 e. The Morgan fingerprint density at radius 3 is 2.55 bits per heavy atom. The van der Waals surface area contributed by atoms with Crippen LogP contribution in [0.15, 0.2) is 64.9 Å². The molecule has 1 amide bonds. The van der Waals surface area contributed by atoms with E-state index in [4.69, 9.17) is 19.7 Å². The molecule has 158 valence electrons. The molecule has 0 atom stereocenters. The van der Waals surface area contributed by atoms with E-state index in [9.17, 15) is 4.79 Å². The molecule has 0 unspecified atom stereocenters. The second-order valence-corrected chi connectivity index (χ2v) is 7.36. The third-order valence-corrected chi connectivity index (χ3v) is 4.81. The van der Waals surface area contributed by atoms with Gasteiger partial charge >= 0.3 is 0 Å². The fraction of sp³-hybridized carbons (Fsp3) is 0.208. The highest BCUT2D eigenvalue weighted by Crippen LogP contribution is 2.24. The summed E-state index contributed by atoms with van der Waals surface area (Å²) in [6.45, 7) is 6.66. The standard InChI is InChI=1S/C24H23N3O4/c1-15-4-9-21(16(2)12-15)30-11-10-29-19-7-5-18(6-8-19)14-20-23(25)27-22(26-24(20)28)13-17(3)31-27/h4-9,12-14,25H,10-11H2,1-3H3/b20-14+,25-23?. The predicted octanol–water partition coefficient (Wildman–Crippen LogP) is 4.21. The lowest BCUT2D eigenvalue weighted by atomic mass is 10.1. The normalized spacial score (nSPS) is 16.6. The SMILES string of the molecule is CC1=CC2=NC(=O)/C(=C/c3ccc(OCCOc4ccc(C)cc4C)cc3)C(=N)N2O1.